The maximum absolute atomic E-state index is 13.4. The summed E-state index contributed by atoms with van der Waals surface area (Å²) in [5, 5.41) is 0. The SMILES string of the molecule is CCOC(=O)c1oc(-c2cc(C)cc(F)c2)nc1CC. The zero-order valence-electron chi connectivity index (χ0n) is 11.7. The molecule has 2 rings (SSSR count). The third-order valence-corrected chi connectivity index (χ3v) is 2.78. The first-order valence-electron chi connectivity index (χ1n) is 6.49. The van der Waals surface area contributed by atoms with Gasteiger partial charge < -0.3 is 9.15 Å². The highest BCUT2D eigenvalue weighted by Gasteiger charge is 2.21. The highest BCUT2D eigenvalue weighted by atomic mass is 19.1. The van der Waals surface area contributed by atoms with Crippen molar-refractivity contribution in [2.75, 3.05) is 6.61 Å². The van der Waals surface area contributed by atoms with Crippen molar-refractivity contribution >= 4 is 5.97 Å². The molecule has 0 N–H and O–H groups in total. The third kappa shape index (κ3) is 2.87. The van der Waals surface area contributed by atoms with Gasteiger partial charge in [0.2, 0.25) is 11.7 Å². The van der Waals surface area contributed by atoms with Crippen LogP contribution in [0.3, 0.4) is 0 Å². The highest BCUT2D eigenvalue weighted by Crippen LogP contribution is 2.25. The van der Waals surface area contributed by atoms with Gasteiger partial charge >= 0.3 is 5.97 Å². The van der Waals surface area contributed by atoms with Crippen LogP contribution < -0.4 is 0 Å². The second kappa shape index (κ2) is 5.86. The first-order chi connectivity index (χ1) is 9.55. The van der Waals surface area contributed by atoms with Crippen LogP contribution in [-0.2, 0) is 11.2 Å². The molecule has 0 aliphatic carbocycles. The summed E-state index contributed by atoms with van der Waals surface area (Å²) in [6, 6.07) is 4.50. The summed E-state index contributed by atoms with van der Waals surface area (Å²) in [4.78, 5) is 16.0. The lowest BCUT2D eigenvalue weighted by molar-refractivity contribution is 0.0489. The Balaban J connectivity index is 2.45. The molecule has 5 heteroatoms. The molecule has 0 amide bonds. The van der Waals surface area contributed by atoms with Gasteiger partial charge in [0.05, 0.1) is 12.3 Å². The molecule has 4 nitrogen and oxygen atoms in total. The van der Waals surface area contributed by atoms with Crippen molar-refractivity contribution in [3.05, 3.63) is 41.0 Å². The van der Waals surface area contributed by atoms with Crippen LogP contribution >= 0.6 is 0 Å². The Labute approximate surface area is 116 Å². The number of carbonyl (C=O) groups is 1. The largest absolute Gasteiger partial charge is 0.460 e. The van der Waals surface area contributed by atoms with E-state index in [1.165, 1.54) is 12.1 Å². The Bertz CT molecular complexity index is 614. The standard InChI is InChI=1S/C15H16FNO3/c1-4-12-13(15(18)19-5-2)20-14(17-12)10-6-9(3)7-11(16)8-10/h6-8H,4-5H2,1-3H3. The summed E-state index contributed by atoms with van der Waals surface area (Å²) in [5.41, 5.74) is 1.78. The minimum Gasteiger partial charge on any atom is -0.460 e. The summed E-state index contributed by atoms with van der Waals surface area (Å²) in [6.45, 7) is 5.62. The molecule has 0 aliphatic heterocycles. The molecule has 1 aromatic carbocycles. The minimum absolute atomic E-state index is 0.0891. The molecule has 1 aromatic heterocycles. The van der Waals surface area contributed by atoms with Gasteiger partial charge in [-0.3, -0.25) is 0 Å². The number of esters is 1. The van der Waals surface area contributed by atoms with Gasteiger partial charge in [0.1, 0.15) is 5.82 Å². The lowest BCUT2D eigenvalue weighted by atomic mass is 10.1. The molecule has 0 radical (unpaired) electrons. The van der Waals surface area contributed by atoms with Gasteiger partial charge in [0.15, 0.2) is 0 Å². The van der Waals surface area contributed by atoms with Gasteiger partial charge in [-0.25, -0.2) is 14.2 Å². The molecular formula is C15H16FNO3. The molecule has 2 aromatic rings. The number of rotatable bonds is 4. The zero-order chi connectivity index (χ0) is 14.7. The number of benzene rings is 1. The Kier molecular flexibility index (Phi) is 4.17. The lowest BCUT2D eigenvalue weighted by Gasteiger charge is -1.99. The Morgan fingerprint density at radius 2 is 2.10 bits per heavy atom. The summed E-state index contributed by atoms with van der Waals surface area (Å²) < 4.78 is 23.8. The number of nitrogens with zero attached hydrogens (tertiary/aromatic N) is 1. The van der Waals surface area contributed by atoms with Crippen LogP contribution in [0.2, 0.25) is 0 Å². The molecule has 0 bridgehead atoms. The Morgan fingerprint density at radius 1 is 1.35 bits per heavy atom. The van der Waals surface area contributed by atoms with Gasteiger partial charge in [-0.15, -0.1) is 0 Å². The van der Waals surface area contributed by atoms with E-state index in [9.17, 15) is 9.18 Å². The zero-order valence-corrected chi connectivity index (χ0v) is 11.7. The number of hydrogen-bond donors (Lipinski definition) is 0. The van der Waals surface area contributed by atoms with Gasteiger partial charge in [-0.2, -0.15) is 0 Å². The van der Waals surface area contributed by atoms with E-state index in [-0.39, 0.29) is 24.1 Å². The van der Waals surface area contributed by atoms with E-state index in [1.54, 1.807) is 19.9 Å². The van der Waals surface area contributed by atoms with E-state index in [0.29, 0.717) is 17.7 Å². The smallest absolute Gasteiger partial charge is 0.376 e. The number of oxazole rings is 1. The van der Waals surface area contributed by atoms with Crippen LogP contribution in [0.5, 0.6) is 0 Å². The molecule has 0 spiro atoms. The van der Waals surface area contributed by atoms with E-state index in [4.69, 9.17) is 9.15 Å². The fourth-order valence-corrected chi connectivity index (χ4v) is 1.93. The van der Waals surface area contributed by atoms with Crippen molar-refractivity contribution in [3.8, 4) is 11.5 Å². The van der Waals surface area contributed by atoms with E-state index in [0.717, 1.165) is 5.56 Å². The van der Waals surface area contributed by atoms with Crippen molar-refractivity contribution in [3.63, 3.8) is 0 Å². The second-order valence-corrected chi connectivity index (χ2v) is 4.39. The topological polar surface area (TPSA) is 52.3 Å². The Hall–Kier alpha value is -2.17. The number of ether oxygens (including phenoxy) is 1. The average molecular weight is 277 g/mol. The van der Waals surface area contributed by atoms with Crippen molar-refractivity contribution in [2.24, 2.45) is 0 Å². The second-order valence-electron chi connectivity index (χ2n) is 4.39. The van der Waals surface area contributed by atoms with Crippen LogP contribution in [-0.4, -0.2) is 17.6 Å². The van der Waals surface area contributed by atoms with Crippen molar-refractivity contribution in [1.82, 2.24) is 4.98 Å². The molecule has 1 heterocycles. The maximum Gasteiger partial charge on any atom is 0.376 e. The van der Waals surface area contributed by atoms with Crippen molar-refractivity contribution in [2.45, 2.75) is 27.2 Å². The first kappa shape index (κ1) is 14.2. The molecule has 0 aliphatic rings. The summed E-state index contributed by atoms with van der Waals surface area (Å²) in [5.74, 6) is -0.594. The number of carbonyl (C=O) groups excluding carboxylic acids is 1. The van der Waals surface area contributed by atoms with Crippen LogP contribution in [0, 0.1) is 12.7 Å². The van der Waals surface area contributed by atoms with E-state index >= 15 is 0 Å². The molecule has 106 valence electrons. The van der Waals surface area contributed by atoms with Crippen LogP contribution in [0.25, 0.3) is 11.5 Å². The van der Waals surface area contributed by atoms with E-state index in [2.05, 4.69) is 4.98 Å². The van der Waals surface area contributed by atoms with Crippen molar-refractivity contribution < 1.29 is 18.3 Å². The predicted octanol–water partition coefficient (Wildman–Crippen LogP) is 3.53. The summed E-state index contributed by atoms with van der Waals surface area (Å²) in [6.07, 6.45) is 0.534. The third-order valence-electron chi connectivity index (χ3n) is 2.78. The molecule has 0 unspecified atom stereocenters. The van der Waals surface area contributed by atoms with Crippen molar-refractivity contribution in [1.29, 1.82) is 0 Å². The normalized spacial score (nSPS) is 10.6. The number of halogens is 1. The Morgan fingerprint density at radius 3 is 2.70 bits per heavy atom. The molecule has 0 atom stereocenters. The van der Waals surface area contributed by atoms with Gasteiger partial charge in [-0.05, 0) is 44.0 Å². The summed E-state index contributed by atoms with van der Waals surface area (Å²) in [7, 11) is 0. The fourth-order valence-electron chi connectivity index (χ4n) is 1.93. The monoisotopic (exact) mass is 277 g/mol. The van der Waals surface area contributed by atoms with Gasteiger partial charge in [0.25, 0.3) is 0 Å². The van der Waals surface area contributed by atoms with E-state index in [1.807, 2.05) is 6.92 Å². The molecule has 0 saturated heterocycles. The van der Waals surface area contributed by atoms with Crippen LogP contribution in [0.4, 0.5) is 4.39 Å². The van der Waals surface area contributed by atoms with Gasteiger partial charge in [0, 0.05) is 5.56 Å². The fraction of sp³-hybridized carbons (Fsp3) is 0.333. The highest BCUT2D eigenvalue weighted by molar-refractivity contribution is 5.88. The lowest BCUT2D eigenvalue weighted by Crippen LogP contribution is -2.05. The van der Waals surface area contributed by atoms with E-state index < -0.39 is 5.97 Å². The number of aryl methyl sites for hydroxylation is 2. The molecular weight excluding hydrogens is 261 g/mol. The minimum atomic E-state index is -0.545. The van der Waals surface area contributed by atoms with Gasteiger partial charge in [-0.1, -0.05) is 6.92 Å². The van der Waals surface area contributed by atoms with Crippen LogP contribution in [0.15, 0.2) is 22.6 Å². The molecule has 0 fully saturated rings. The predicted molar refractivity (Wildman–Crippen MR) is 72.0 cm³/mol. The average Bonchev–Trinajstić information content (AvgIpc) is 2.82. The quantitative estimate of drug-likeness (QED) is 0.802. The molecule has 20 heavy (non-hydrogen) atoms. The molecule has 0 saturated carbocycles. The first-order valence-corrected chi connectivity index (χ1v) is 6.49. The van der Waals surface area contributed by atoms with Crippen LogP contribution in [0.1, 0.15) is 35.7 Å². The summed E-state index contributed by atoms with van der Waals surface area (Å²) >= 11 is 0. The maximum atomic E-state index is 13.4. The number of aromatic nitrogens is 1. The number of hydrogen-bond acceptors (Lipinski definition) is 4.